The molecule has 2 rings (SSSR count). The van der Waals surface area contributed by atoms with Gasteiger partial charge in [0.05, 0.1) is 0 Å². The van der Waals surface area contributed by atoms with Gasteiger partial charge in [0.2, 0.25) is 0 Å². The van der Waals surface area contributed by atoms with Crippen molar-refractivity contribution >= 4 is 17.5 Å². The van der Waals surface area contributed by atoms with Gasteiger partial charge in [0.1, 0.15) is 0 Å². The Morgan fingerprint density at radius 3 is 2.57 bits per heavy atom. The minimum atomic E-state index is -0.397. The van der Waals surface area contributed by atoms with Crippen LogP contribution in [0.4, 0.5) is 16.3 Å². The highest BCUT2D eigenvalue weighted by molar-refractivity contribution is 6.00. The van der Waals surface area contributed by atoms with Crippen molar-refractivity contribution in [2.24, 2.45) is 0 Å². The number of para-hydroxylation sites is 1. The number of H-pyrrole nitrogens is 1. The van der Waals surface area contributed by atoms with Crippen LogP contribution in [0.5, 0.6) is 0 Å². The Kier molecular flexibility index (Phi) is 4.37. The van der Waals surface area contributed by atoms with Crippen LogP contribution in [-0.2, 0) is 0 Å². The highest BCUT2D eigenvalue weighted by atomic mass is 16.2. The average molecular weight is 286 g/mol. The molecule has 2 amide bonds. The van der Waals surface area contributed by atoms with E-state index in [0.29, 0.717) is 5.92 Å². The van der Waals surface area contributed by atoms with Crippen molar-refractivity contribution in [2.75, 3.05) is 10.6 Å². The molecule has 0 unspecified atom stereocenters. The summed E-state index contributed by atoms with van der Waals surface area (Å²) in [5, 5.41) is 11.4. The number of urea groups is 1. The SMILES string of the molecule is Cc1cccc(C(C)C)c1NC(=O)Nc1ccc(=O)[nH]n1. The largest absolute Gasteiger partial charge is 0.324 e. The lowest BCUT2D eigenvalue weighted by Crippen LogP contribution is -2.22. The number of anilines is 2. The number of hydrogen-bond acceptors (Lipinski definition) is 3. The lowest BCUT2D eigenvalue weighted by atomic mass is 9.98. The Morgan fingerprint density at radius 2 is 1.95 bits per heavy atom. The van der Waals surface area contributed by atoms with Crippen molar-refractivity contribution in [3.8, 4) is 0 Å². The number of nitrogens with zero attached hydrogens (tertiary/aromatic N) is 1. The molecule has 1 heterocycles. The quantitative estimate of drug-likeness (QED) is 0.810. The van der Waals surface area contributed by atoms with E-state index in [2.05, 4.69) is 34.7 Å². The Morgan fingerprint density at radius 1 is 1.19 bits per heavy atom. The Bertz CT molecular complexity index is 687. The van der Waals surface area contributed by atoms with Crippen LogP contribution < -0.4 is 16.2 Å². The number of hydrogen-bond donors (Lipinski definition) is 3. The molecule has 0 saturated heterocycles. The molecule has 2 aromatic rings. The monoisotopic (exact) mass is 286 g/mol. The molecule has 3 N–H and O–H groups in total. The van der Waals surface area contributed by atoms with Gasteiger partial charge in [0, 0.05) is 11.8 Å². The number of carbonyl (C=O) groups is 1. The van der Waals surface area contributed by atoms with Crippen LogP contribution in [0.1, 0.15) is 30.9 Å². The molecule has 0 aliphatic heterocycles. The van der Waals surface area contributed by atoms with E-state index in [-0.39, 0.29) is 11.4 Å². The third-order valence-corrected chi connectivity index (χ3v) is 3.09. The van der Waals surface area contributed by atoms with Gasteiger partial charge in [0.15, 0.2) is 5.82 Å². The average Bonchev–Trinajstić information content (AvgIpc) is 2.43. The first-order valence-corrected chi connectivity index (χ1v) is 6.70. The normalized spacial score (nSPS) is 10.5. The molecule has 0 aliphatic carbocycles. The first-order chi connectivity index (χ1) is 9.97. The van der Waals surface area contributed by atoms with Crippen LogP contribution in [0.2, 0.25) is 0 Å². The van der Waals surface area contributed by atoms with Gasteiger partial charge in [-0.05, 0) is 30.0 Å². The van der Waals surface area contributed by atoms with E-state index >= 15 is 0 Å². The molecule has 21 heavy (non-hydrogen) atoms. The number of amides is 2. The number of aryl methyl sites for hydroxylation is 1. The molecule has 0 saturated carbocycles. The zero-order chi connectivity index (χ0) is 15.4. The summed E-state index contributed by atoms with van der Waals surface area (Å²) in [7, 11) is 0. The molecule has 0 radical (unpaired) electrons. The highest BCUT2D eigenvalue weighted by Gasteiger charge is 2.12. The van der Waals surface area contributed by atoms with Crippen LogP contribution >= 0.6 is 0 Å². The Labute approximate surface area is 122 Å². The molecule has 0 atom stereocenters. The summed E-state index contributed by atoms with van der Waals surface area (Å²) in [5.74, 6) is 0.582. The number of nitrogens with one attached hydrogen (secondary N) is 3. The van der Waals surface area contributed by atoms with Gasteiger partial charge in [0.25, 0.3) is 5.56 Å². The fourth-order valence-corrected chi connectivity index (χ4v) is 2.02. The van der Waals surface area contributed by atoms with Gasteiger partial charge in [-0.15, -0.1) is 0 Å². The van der Waals surface area contributed by atoms with Gasteiger partial charge < -0.3 is 5.32 Å². The molecule has 0 spiro atoms. The fraction of sp³-hybridized carbons (Fsp3) is 0.267. The van der Waals surface area contributed by atoms with E-state index in [0.717, 1.165) is 16.8 Å². The topological polar surface area (TPSA) is 86.9 Å². The number of rotatable bonds is 3. The van der Waals surface area contributed by atoms with Crippen LogP contribution in [0, 0.1) is 6.92 Å². The van der Waals surface area contributed by atoms with Gasteiger partial charge >= 0.3 is 6.03 Å². The number of benzene rings is 1. The second-order valence-corrected chi connectivity index (χ2v) is 5.08. The standard InChI is InChI=1S/C15H18N4O2/c1-9(2)11-6-4-5-10(3)14(11)17-15(21)16-12-7-8-13(20)19-18-12/h4-9H,1-3H3,(H,19,20)(H2,16,17,18,21). The first-order valence-electron chi connectivity index (χ1n) is 6.70. The van der Waals surface area contributed by atoms with Gasteiger partial charge in [-0.25, -0.2) is 9.89 Å². The van der Waals surface area contributed by atoms with Crippen LogP contribution in [0.15, 0.2) is 35.1 Å². The van der Waals surface area contributed by atoms with Crippen molar-refractivity contribution < 1.29 is 4.79 Å². The van der Waals surface area contributed by atoms with E-state index in [4.69, 9.17) is 0 Å². The smallest absolute Gasteiger partial charge is 0.307 e. The van der Waals surface area contributed by atoms with Crippen molar-refractivity contribution in [1.29, 1.82) is 0 Å². The summed E-state index contributed by atoms with van der Waals surface area (Å²) in [6, 6.07) is 8.25. The summed E-state index contributed by atoms with van der Waals surface area (Å²) >= 11 is 0. The van der Waals surface area contributed by atoms with Gasteiger partial charge in [-0.1, -0.05) is 32.0 Å². The van der Waals surface area contributed by atoms with E-state index in [1.807, 2.05) is 25.1 Å². The fourth-order valence-electron chi connectivity index (χ4n) is 2.02. The molecule has 1 aromatic carbocycles. The molecule has 0 aliphatic rings. The van der Waals surface area contributed by atoms with Gasteiger partial charge in [-0.2, -0.15) is 5.10 Å². The van der Waals surface area contributed by atoms with Crippen LogP contribution in [0.25, 0.3) is 0 Å². The van der Waals surface area contributed by atoms with Crippen molar-refractivity contribution in [3.63, 3.8) is 0 Å². The summed E-state index contributed by atoms with van der Waals surface area (Å²) in [6.07, 6.45) is 0. The second-order valence-electron chi connectivity index (χ2n) is 5.08. The van der Waals surface area contributed by atoms with Crippen molar-refractivity contribution in [3.05, 3.63) is 51.8 Å². The molecular formula is C15H18N4O2. The van der Waals surface area contributed by atoms with E-state index < -0.39 is 6.03 Å². The maximum Gasteiger partial charge on any atom is 0.324 e. The number of aromatic nitrogens is 2. The summed E-state index contributed by atoms with van der Waals surface area (Å²) in [5.41, 5.74) is 2.54. The van der Waals surface area contributed by atoms with Crippen LogP contribution in [-0.4, -0.2) is 16.2 Å². The minimum Gasteiger partial charge on any atom is -0.307 e. The minimum absolute atomic E-state index is 0.284. The molecular weight excluding hydrogens is 268 g/mol. The third-order valence-electron chi connectivity index (χ3n) is 3.09. The van der Waals surface area contributed by atoms with Crippen molar-refractivity contribution in [1.82, 2.24) is 10.2 Å². The Balaban J connectivity index is 2.16. The molecule has 110 valence electrons. The summed E-state index contributed by atoms with van der Waals surface area (Å²) in [6.45, 7) is 6.09. The van der Waals surface area contributed by atoms with Crippen molar-refractivity contribution in [2.45, 2.75) is 26.7 Å². The number of carbonyl (C=O) groups excluding carboxylic acids is 1. The lowest BCUT2D eigenvalue weighted by molar-refractivity contribution is 0.262. The van der Waals surface area contributed by atoms with E-state index in [1.165, 1.54) is 12.1 Å². The van der Waals surface area contributed by atoms with E-state index in [9.17, 15) is 9.59 Å². The molecule has 6 nitrogen and oxygen atoms in total. The zero-order valence-electron chi connectivity index (χ0n) is 12.2. The maximum atomic E-state index is 12.0. The molecule has 0 bridgehead atoms. The predicted octanol–water partition coefficient (Wildman–Crippen LogP) is 2.85. The Hall–Kier alpha value is -2.63. The maximum absolute atomic E-state index is 12.0. The molecule has 0 fully saturated rings. The summed E-state index contributed by atoms with van der Waals surface area (Å²) < 4.78 is 0. The van der Waals surface area contributed by atoms with Gasteiger partial charge in [-0.3, -0.25) is 10.1 Å². The number of aromatic amines is 1. The summed E-state index contributed by atoms with van der Waals surface area (Å²) in [4.78, 5) is 23.0. The van der Waals surface area contributed by atoms with E-state index in [1.54, 1.807) is 0 Å². The second kappa shape index (κ2) is 6.21. The first kappa shape index (κ1) is 14.8. The van der Waals surface area contributed by atoms with Crippen LogP contribution in [0.3, 0.4) is 0 Å². The highest BCUT2D eigenvalue weighted by Crippen LogP contribution is 2.27. The third kappa shape index (κ3) is 3.68. The predicted molar refractivity (Wildman–Crippen MR) is 82.8 cm³/mol. The molecule has 6 heteroatoms. The zero-order valence-corrected chi connectivity index (χ0v) is 12.2. The molecule has 1 aromatic heterocycles. The lowest BCUT2D eigenvalue weighted by Gasteiger charge is -2.16.